The van der Waals surface area contributed by atoms with Crippen LogP contribution < -0.4 is 0 Å². The normalized spacial score (nSPS) is 43.4. The minimum atomic E-state index is -0.462. The summed E-state index contributed by atoms with van der Waals surface area (Å²) in [6.45, 7) is 18.2. The molecule has 1 amide bonds. The molecule has 10 rings (SSSR count). The van der Waals surface area contributed by atoms with Gasteiger partial charge in [0.05, 0.1) is 18.3 Å². The summed E-state index contributed by atoms with van der Waals surface area (Å²) in [6, 6.07) is 16.3. The van der Waals surface area contributed by atoms with Crippen LogP contribution in [0.15, 0.2) is 53.0 Å². The standard InChI is InChI=1S/C28H40O2.C23H39NO3.C7H7Br.2CH4/c1-18-7-5-6-8-20(18)25(29)24-12-11-22-21-10-9-19-17-26(2,30)15-16-27(19,3)23(21)13-14-28(22,24)4;1-21(26)12-13-22(2)15(14-21)6-7-16-17-8-9-19(20(25)24(4)27-5)23(17,3)11-10-18(16)22;1-6-4-2-3-5-7(6)8;;/h5-8,19,21-24,30H,9-17H2,1-4H3;15-19,26H,6-14H2,1-5H3;2-5H,1H3;2*1H4/t19-,21+,22+,23+,24-,26-,27+,28+;15-,16+,17+,18+,19-,21-,22+,23+;;;/m11.../s1. The predicted molar refractivity (Wildman–Crippen MR) is 279 cm³/mol. The van der Waals surface area contributed by atoms with Gasteiger partial charge in [-0.15, -0.1) is 0 Å². The van der Waals surface area contributed by atoms with Crippen molar-refractivity contribution >= 4 is 27.6 Å². The lowest BCUT2D eigenvalue weighted by Crippen LogP contribution is -2.56. The monoisotopic (exact) mass is 988 g/mol. The minimum Gasteiger partial charge on any atom is -0.390 e. The van der Waals surface area contributed by atoms with E-state index in [0.717, 1.165) is 73.3 Å². The summed E-state index contributed by atoms with van der Waals surface area (Å²) in [5, 5.41) is 22.8. The Morgan fingerprint density at radius 2 is 1.00 bits per heavy atom. The number of hydrogen-bond acceptors (Lipinski definition) is 5. The summed E-state index contributed by atoms with van der Waals surface area (Å²) in [6.07, 6.45) is 20.8. The number of aliphatic hydroxyl groups is 2. The summed E-state index contributed by atoms with van der Waals surface area (Å²) in [4.78, 5) is 31.8. The molecular weight excluding hydrogens is 895 g/mol. The fourth-order valence-electron chi connectivity index (χ4n) is 17.6. The van der Waals surface area contributed by atoms with E-state index >= 15 is 0 Å². The van der Waals surface area contributed by atoms with Crippen LogP contribution in [0.5, 0.6) is 0 Å². The number of hydroxylamine groups is 2. The number of amides is 1. The lowest BCUT2D eigenvalue weighted by atomic mass is 9.44. The molecular formula is C60H94BrNO5. The molecule has 0 aromatic heterocycles. The van der Waals surface area contributed by atoms with Gasteiger partial charge in [-0.05, 0) is 229 Å². The van der Waals surface area contributed by atoms with Crippen LogP contribution in [0.3, 0.4) is 0 Å². The number of fused-ring (bicyclic) bond motifs is 10. The molecule has 7 heteroatoms. The van der Waals surface area contributed by atoms with Gasteiger partial charge in [0, 0.05) is 28.9 Å². The largest absolute Gasteiger partial charge is 0.390 e. The van der Waals surface area contributed by atoms with Gasteiger partial charge in [0.15, 0.2) is 5.78 Å². The van der Waals surface area contributed by atoms with Crippen molar-refractivity contribution < 1.29 is 24.6 Å². The average Bonchev–Trinajstić information content (AvgIpc) is 3.81. The van der Waals surface area contributed by atoms with Gasteiger partial charge in [-0.2, -0.15) is 0 Å². The molecule has 376 valence electrons. The second-order valence-electron chi connectivity index (χ2n) is 25.0. The Hall–Kier alpha value is -2.06. The van der Waals surface area contributed by atoms with Crippen molar-refractivity contribution in [2.24, 2.45) is 80.8 Å². The third-order valence-electron chi connectivity index (χ3n) is 21.6. The summed E-state index contributed by atoms with van der Waals surface area (Å²) in [5.74, 6) is 6.74. The molecule has 67 heavy (non-hydrogen) atoms. The number of halogens is 1. The van der Waals surface area contributed by atoms with Crippen LogP contribution in [-0.4, -0.2) is 52.3 Å². The smallest absolute Gasteiger partial charge is 0.249 e. The first-order chi connectivity index (χ1) is 30.6. The van der Waals surface area contributed by atoms with Crippen molar-refractivity contribution in [2.75, 3.05) is 14.2 Å². The Bertz CT molecular complexity index is 2030. The zero-order valence-electron chi connectivity index (χ0n) is 42.1. The molecule has 0 radical (unpaired) electrons. The second-order valence-corrected chi connectivity index (χ2v) is 25.9. The molecule has 2 aromatic rings. The lowest BCUT2D eigenvalue weighted by molar-refractivity contribution is -0.182. The number of benzene rings is 2. The Kier molecular flexibility index (Phi) is 16.4. The van der Waals surface area contributed by atoms with Crippen molar-refractivity contribution in [1.29, 1.82) is 0 Å². The van der Waals surface area contributed by atoms with Gasteiger partial charge in [-0.25, -0.2) is 5.06 Å². The molecule has 0 aliphatic heterocycles. The van der Waals surface area contributed by atoms with Crippen molar-refractivity contribution in [3.05, 3.63) is 69.7 Å². The van der Waals surface area contributed by atoms with Crippen molar-refractivity contribution in [1.82, 2.24) is 5.06 Å². The van der Waals surface area contributed by atoms with Crippen LogP contribution in [0.25, 0.3) is 0 Å². The third kappa shape index (κ3) is 9.83. The molecule has 16 atom stereocenters. The zero-order valence-corrected chi connectivity index (χ0v) is 43.7. The molecule has 8 saturated carbocycles. The van der Waals surface area contributed by atoms with E-state index in [1.54, 1.807) is 14.2 Å². The van der Waals surface area contributed by atoms with E-state index < -0.39 is 11.2 Å². The maximum absolute atomic E-state index is 13.6. The number of hydrogen-bond donors (Lipinski definition) is 2. The van der Waals surface area contributed by atoms with Crippen LogP contribution in [0.2, 0.25) is 0 Å². The first kappa shape index (κ1) is 54.3. The van der Waals surface area contributed by atoms with Gasteiger partial charge in [-0.3, -0.25) is 14.4 Å². The van der Waals surface area contributed by atoms with E-state index in [1.165, 1.54) is 92.1 Å². The molecule has 0 spiro atoms. The summed E-state index contributed by atoms with van der Waals surface area (Å²) < 4.78 is 1.18. The van der Waals surface area contributed by atoms with Crippen molar-refractivity contribution in [3.8, 4) is 0 Å². The molecule has 0 bridgehead atoms. The molecule has 8 aliphatic carbocycles. The van der Waals surface area contributed by atoms with Crippen LogP contribution in [0, 0.1) is 94.7 Å². The highest BCUT2D eigenvalue weighted by molar-refractivity contribution is 9.10. The van der Waals surface area contributed by atoms with Crippen LogP contribution >= 0.6 is 15.9 Å². The van der Waals surface area contributed by atoms with E-state index in [4.69, 9.17) is 4.84 Å². The van der Waals surface area contributed by atoms with Crippen LogP contribution in [-0.2, 0) is 9.63 Å². The third-order valence-corrected chi connectivity index (χ3v) is 22.5. The number of rotatable bonds is 4. The average molecular weight is 989 g/mol. The quantitative estimate of drug-likeness (QED) is 0.235. The maximum atomic E-state index is 13.6. The summed E-state index contributed by atoms with van der Waals surface area (Å²) >= 11 is 3.40. The Labute approximate surface area is 417 Å². The number of nitrogens with zero attached hydrogens (tertiary/aromatic N) is 1. The highest BCUT2D eigenvalue weighted by atomic mass is 79.9. The Morgan fingerprint density at radius 3 is 1.45 bits per heavy atom. The van der Waals surface area contributed by atoms with Crippen LogP contribution in [0.1, 0.15) is 193 Å². The van der Waals surface area contributed by atoms with Crippen molar-refractivity contribution in [2.45, 2.75) is 197 Å². The molecule has 0 heterocycles. The van der Waals surface area contributed by atoms with E-state index in [-0.39, 0.29) is 43.4 Å². The minimum absolute atomic E-state index is 0. The van der Waals surface area contributed by atoms with Gasteiger partial charge < -0.3 is 10.2 Å². The van der Waals surface area contributed by atoms with Gasteiger partial charge in [0.1, 0.15) is 0 Å². The maximum Gasteiger partial charge on any atom is 0.249 e. The first-order valence-electron chi connectivity index (χ1n) is 26.2. The molecule has 2 N–H and O–H groups in total. The highest BCUT2D eigenvalue weighted by Crippen LogP contribution is 2.70. The van der Waals surface area contributed by atoms with E-state index in [1.807, 2.05) is 43.3 Å². The van der Waals surface area contributed by atoms with Gasteiger partial charge in [0.25, 0.3) is 0 Å². The molecule has 8 aliphatic rings. The number of Topliss-reactive ketones (excluding diaryl/α,β-unsaturated/α-hetero) is 1. The van der Waals surface area contributed by atoms with Gasteiger partial charge in [0.2, 0.25) is 5.91 Å². The summed E-state index contributed by atoms with van der Waals surface area (Å²) in [5.41, 5.74) is 3.53. The van der Waals surface area contributed by atoms with Gasteiger partial charge in [-0.1, -0.05) is 101 Å². The molecule has 0 unspecified atom stereocenters. The molecule has 0 saturated heterocycles. The fourth-order valence-corrected chi connectivity index (χ4v) is 17.9. The summed E-state index contributed by atoms with van der Waals surface area (Å²) in [7, 11) is 3.34. The van der Waals surface area contributed by atoms with Gasteiger partial charge >= 0.3 is 0 Å². The Balaban J connectivity index is 0.000000186. The molecule has 2 aromatic carbocycles. The van der Waals surface area contributed by atoms with E-state index in [9.17, 15) is 19.8 Å². The number of ketones is 1. The lowest BCUT2D eigenvalue weighted by Gasteiger charge is -2.61. The zero-order chi connectivity index (χ0) is 46.9. The van der Waals surface area contributed by atoms with Crippen molar-refractivity contribution in [3.63, 3.8) is 0 Å². The topological polar surface area (TPSA) is 87.1 Å². The number of aryl methyl sites for hydroxylation is 2. The second kappa shape index (κ2) is 20.2. The number of carbonyl (C=O) groups excluding carboxylic acids is 2. The first-order valence-corrected chi connectivity index (χ1v) is 27.0. The fraction of sp³-hybridized carbons (Fsp3) is 0.767. The number of carbonyl (C=O) groups is 2. The van der Waals surface area contributed by atoms with Crippen LogP contribution in [0.4, 0.5) is 0 Å². The van der Waals surface area contributed by atoms with E-state index in [0.29, 0.717) is 40.3 Å². The predicted octanol–water partition coefficient (Wildman–Crippen LogP) is 15.0. The highest BCUT2D eigenvalue weighted by Gasteiger charge is 2.64. The molecule has 8 fully saturated rings. The SMILES string of the molecule is C.C.CON(C)C(=O)[C@H]1CC[C@H]2[C@@H]3CC[C@@H]4C[C@](C)(O)CC[C@]4(C)[C@H]3CC[C@]12C.Cc1ccccc1Br.Cc1ccccc1C(=O)[C@H]1CC[C@H]2[C@@H]3CC[C@@H]4C[C@](C)(O)CC[C@]4(C)[C@H]3CC[C@]12C. The molecule has 6 nitrogen and oxygen atoms in total. The Morgan fingerprint density at radius 1 is 0.567 bits per heavy atom. The van der Waals surface area contributed by atoms with E-state index in [2.05, 4.69) is 76.5 Å².